The highest BCUT2D eigenvalue weighted by molar-refractivity contribution is 5.94. The van der Waals surface area contributed by atoms with Crippen LogP contribution < -0.4 is 5.32 Å². The van der Waals surface area contributed by atoms with Crippen LogP contribution in [0.2, 0.25) is 0 Å². The van der Waals surface area contributed by atoms with Gasteiger partial charge in [0.2, 0.25) is 0 Å². The Morgan fingerprint density at radius 1 is 1.39 bits per heavy atom. The topological polar surface area (TPSA) is 56.1 Å². The molecule has 1 aliphatic rings. The van der Waals surface area contributed by atoms with E-state index in [-0.39, 0.29) is 11.4 Å². The molecule has 0 aromatic heterocycles. The summed E-state index contributed by atoms with van der Waals surface area (Å²) in [6.07, 6.45) is 0. The molecule has 1 heterocycles. The number of amides is 1. The standard InChI is InChI=1S/C14H17N3O/c1-14(2)10-17(8-7-16-14)13(18)12-5-3-11(9-15)4-6-12/h3-6,16H,7-8,10H2,1-2H3. The van der Waals surface area contributed by atoms with E-state index in [2.05, 4.69) is 25.2 Å². The molecule has 94 valence electrons. The van der Waals surface area contributed by atoms with Crippen molar-refractivity contribution >= 4 is 5.91 Å². The Kier molecular flexibility index (Phi) is 3.35. The molecule has 0 radical (unpaired) electrons. The van der Waals surface area contributed by atoms with Crippen LogP contribution in [0.15, 0.2) is 24.3 Å². The number of benzene rings is 1. The van der Waals surface area contributed by atoms with E-state index in [1.807, 2.05) is 4.90 Å². The first-order chi connectivity index (χ1) is 8.52. The Bertz CT molecular complexity index is 485. The molecule has 1 N–H and O–H groups in total. The summed E-state index contributed by atoms with van der Waals surface area (Å²) in [7, 11) is 0. The number of piperazine rings is 1. The molecular formula is C14H17N3O. The molecule has 0 unspecified atom stereocenters. The van der Waals surface area contributed by atoms with Crippen molar-refractivity contribution in [1.29, 1.82) is 5.26 Å². The van der Waals surface area contributed by atoms with E-state index in [0.717, 1.165) is 13.1 Å². The molecule has 1 aromatic rings. The van der Waals surface area contributed by atoms with Crippen LogP contribution in [0.5, 0.6) is 0 Å². The predicted molar refractivity (Wildman–Crippen MR) is 69.1 cm³/mol. The molecule has 1 amide bonds. The van der Waals surface area contributed by atoms with E-state index in [0.29, 0.717) is 17.7 Å². The Balaban J connectivity index is 2.13. The van der Waals surface area contributed by atoms with E-state index in [1.165, 1.54) is 0 Å². The van der Waals surface area contributed by atoms with Crippen molar-refractivity contribution in [2.45, 2.75) is 19.4 Å². The largest absolute Gasteiger partial charge is 0.336 e. The number of nitrogens with one attached hydrogen (secondary N) is 1. The van der Waals surface area contributed by atoms with E-state index in [4.69, 9.17) is 5.26 Å². The normalized spacial score (nSPS) is 18.2. The molecule has 0 aliphatic carbocycles. The highest BCUT2D eigenvalue weighted by Crippen LogP contribution is 2.14. The van der Waals surface area contributed by atoms with Crippen molar-refractivity contribution in [2.75, 3.05) is 19.6 Å². The zero-order valence-electron chi connectivity index (χ0n) is 10.7. The van der Waals surface area contributed by atoms with Gasteiger partial charge in [0.05, 0.1) is 11.6 Å². The van der Waals surface area contributed by atoms with Gasteiger partial charge in [0.25, 0.3) is 5.91 Å². The number of nitrogens with zero attached hydrogens (tertiary/aromatic N) is 2. The summed E-state index contributed by atoms with van der Waals surface area (Å²) < 4.78 is 0. The maximum Gasteiger partial charge on any atom is 0.253 e. The summed E-state index contributed by atoms with van der Waals surface area (Å²) in [6, 6.07) is 8.85. The van der Waals surface area contributed by atoms with Crippen LogP contribution in [-0.2, 0) is 0 Å². The fourth-order valence-electron chi connectivity index (χ4n) is 2.18. The Morgan fingerprint density at radius 3 is 2.61 bits per heavy atom. The van der Waals surface area contributed by atoms with Crippen LogP contribution >= 0.6 is 0 Å². The molecule has 4 nitrogen and oxygen atoms in total. The molecule has 0 atom stereocenters. The van der Waals surface area contributed by atoms with E-state index >= 15 is 0 Å². The quantitative estimate of drug-likeness (QED) is 0.810. The third-order valence-corrected chi connectivity index (χ3v) is 3.12. The number of rotatable bonds is 1. The van der Waals surface area contributed by atoms with Crippen molar-refractivity contribution in [3.63, 3.8) is 0 Å². The average molecular weight is 243 g/mol. The summed E-state index contributed by atoms with van der Waals surface area (Å²) in [5.74, 6) is 0.0362. The van der Waals surface area contributed by atoms with E-state index in [1.54, 1.807) is 24.3 Å². The monoisotopic (exact) mass is 243 g/mol. The van der Waals surface area contributed by atoms with Crippen LogP contribution in [0.3, 0.4) is 0 Å². The first kappa shape index (κ1) is 12.6. The molecule has 1 saturated heterocycles. The van der Waals surface area contributed by atoms with Gasteiger partial charge < -0.3 is 10.2 Å². The first-order valence-corrected chi connectivity index (χ1v) is 6.06. The zero-order valence-corrected chi connectivity index (χ0v) is 10.7. The number of carbonyl (C=O) groups excluding carboxylic acids is 1. The minimum atomic E-state index is -0.0412. The summed E-state index contributed by atoms with van der Waals surface area (Å²) in [6.45, 7) is 6.42. The predicted octanol–water partition coefficient (Wildman–Crippen LogP) is 1.38. The lowest BCUT2D eigenvalue weighted by Gasteiger charge is -2.39. The maximum atomic E-state index is 12.3. The second-order valence-corrected chi connectivity index (χ2v) is 5.23. The lowest BCUT2D eigenvalue weighted by molar-refractivity contribution is 0.0652. The Hall–Kier alpha value is -1.86. The van der Waals surface area contributed by atoms with Crippen molar-refractivity contribution in [2.24, 2.45) is 0 Å². The fourth-order valence-corrected chi connectivity index (χ4v) is 2.18. The molecule has 18 heavy (non-hydrogen) atoms. The van der Waals surface area contributed by atoms with Crippen LogP contribution in [-0.4, -0.2) is 36.0 Å². The van der Waals surface area contributed by atoms with Crippen LogP contribution in [0.4, 0.5) is 0 Å². The van der Waals surface area contributed by atoms with Crippen molar-refractivity contribution < 1.29 is 4.79 Å². The lowest BCUT2D eigenvalue weighted by Crippen LogP contribution is -2.58. The second kappa shape index (κ2) is 4.79. The number of hydrogen-bond acceptors (Lipinski definition) is 3. The Morgan fingerprint density at radius 2 is 2.06 bits per heavy atom. The molecule has 0 spiro atoms. The smallest absolute Gasteiger partial charge is 0.253 e. The zero-order chi connectivity index (χ0) is 13.2. The second-order valence-electron chi connectivity index (χ2n) is 5.23. The van der Waals surface area contributed by atoms with Gasteiger partial charge in [0, 0.05) is 30.7 Å². The molecular weight excluding hydrogens is 226 g/mol. The molecule has 1 fully saturated rings. The van der Waals surface area contributed by atoms with Gasteiger partial charge in [-0.3, -0.25) is 4.79 Å². The van der Waals surface area contributed by atoms with Crippen LogP contribution in [0.1, 0.15) is 29.8 Å². The third-order valence-electron chi connectivity index (χ3n) is 3.12. The molecule has 0 saturated carbocycles. The van der Waals surface area contributed by atoms with Crippen LogP contribution in [0.25, 0.3) is 0 Å². The average Bonchev–Trinajstić information content (AvgIpc) is 2.37. The number of carbonyl (C=O) groups is 1. The van der Waals surface area contributed by atoms with E-state index < -0.39 is 0 Å². The summed E-state index contributed by atoms with van der Waals surface area (Å²) >= 11 is 0. The lowest BCUT2D eigenvalue weighted by atomic mass is 10.0. The number of nitriles is 1. The van der Waals surface area contributed by atoms with Gasteiger partial charge in [0.1, 0.15) is 0 Å². The van der Waals surface area contributed by atoms with Gasteiger partial charge in [-0.25, -0.2) is 0 Å². The molecule has 2 rings (SSSR count). The summed E-state index contributed by atoms with van der Waals surface area (Å²) in [5.41, 5.74) is 1.18. The van der Waals surface area contributed by atoms with Crippen molar-refractivity contribution in [3.05, 3.63) is 35.4 Å². The highest BCUT2D eigenvalue weighted by Gasteiger charge is 2.28. The SMILES string of the molecule is CC1(C)CN(C(=O)c2ccc(C#N)cc2)CCN1. The van der Waals surface area contributed by atoms with Gasteiger partial charge in [-0.2, -0.15) is 5.26 Å². The van der Waals surface area contributed by atoms with Crippen molar-refractivity contribution in [3.8, 4) is 6.07 Å². The molecule has 0 bridgehead atoms. The summed E-state index contributed by atoms with van der Waals surface area (Å²) in [5, 5.41) is 12.1. The van der Waals surface area contributed by atoms with Gasteiger partial charge >= 0.3 is 0 Å². The minimum Gasteiger partial charge on any atom is -0.336 e. The minimum absolute atomic E-state index is 0.0362. The highest BCUT2D eigenvalue weighted by atomic mass is 16.2. The summed E-state index contributed by atoms with van der Waals surface area (Å²) in [4.78, 5) is 14.2. The van der Waals surface area contributed by atoms with Crippen molar-refractivity contribution in [1.82, 2.24) is 10.2 Å². The third kappa shape index (κ3) is 2.69. The number of hydrogen-bond donors (Lipinski definition) is 1. The molecule has 1 aliphatic heterocycles. The van der Waals surface area contributed by atoms with Gasteiger partial charge in [-0.15, -0.1) is 0 Å². The fraction of sp³-hybridized carbons (Fsp3) is 0.429. The van der Waals surface area contributed by atoms with Gasteiger partial charge in [-0.05, 0) is 38.1 Å². The Labute approximate surface area is 107 Å². The first-order valence-electron chi connectivity index (χ1n) is 6.06. The maximum absolute atomic E-state index is 12.3. The van der Waals surface area contributed by atoms with E-state index in [9.17, 15) is 4.79 Å². The molecule has 4 heteroatoms. The van der Waals surface area contributed by atoms with Crippen LogP contribution in [0, 0.1) is 11.3 Å². The molecule has 1 aromatic carbocycles. The van der Waals surface area contributed by atoms with Gasteiger partial charge in [-0.1, -0.05) is 0 Å². The van der Waals surface area contributed by atoms with Gasteiger partial charge in [0.15, 0.2) is 0 Å².